The number of hydrogen-bond acceptors (Lipinski definition) is 4. The highest BCUT2D eigenvalue weighted by Gasteiger charge is 2.09. The molecule has 0 saturated heterocycles. The zero-order valence-corrected chi connectivity index (χ0v) is 19.4. The molecule has 0 aliphatic rings. The van der Waals surface area contributed by atoms with Gasteiger partial charge in [0.05, 0.1) is 21.3 Å². The van der Waals surface area contributed by atoms with Crippen molar-refractivity contribution in [3.8, 4) is 17.2 Å². The smallest absolute Gasteiger partial charge is 0.122 e. The summed E-state index contributed by atoms with van der Waals surface area (Å²) in [7, 11) is 5.07. The molecule has 32 heavy (non-hydrogen) atoms. The van der Waals surface area contributed by atoms with Gasteiger partial charge in [0.1, 0.15) is 17.2 Å². The molecule has 4 heteroatoms. The topological polar surface area (TPSA) is 39.7 Å². The molecule has 0 aromatic heterocycles. The van der Waals surface area contributed by atoms with Crippen LogP contribution in [0.5, 0.6) is 17.2 Å². The Morgan fingerprint density at radius 3 is 2.12 bits per heavy atom. The van der Waals surface area contributed by atoms with Crippen molar-refractivity contribution in [3.63, 3.8) is 0 Å². The first-order valence-corrected chi connectivity index (χ1v) is 11.0. The van der Waals surface area contributed by atoms with Gasteiger partial charge >= 0.3 is 0 Å². The van der Waals surface area contributed by atoms with E-state index in [1.807, 2.05) is 18.2 Å². The molecule has 1 N–H and O–H groups in total. The summed E-state index contributed by atoms with van der Waals surface area (Å²) >= 11 is 0. The van der Waals surface area contributed by atoms with E-state index in [4.69, 9.17) is 14.2 Å². The lowest BCUT2D eigenvalue weighted by Gasteiger charge is -2.17. The van der Waals surface area contributed by atoms with Crippen LogP contribution in [0.25, 0.3) is 12.2 Å². The molecular formula is C28H33NO3. The van der Waals surface area contributed by atoms with Gasteiger partial charge in [0.25, 0.3) is 0 Å². The van der Waals surface area contributed by atoms with Crippen LogP contribution in [0.2, 0.25) is 0 Å². The lowest BCUT2D eigenvalue weighted by molar-refractivity contribution is 0.393. The Hall–Kier alpha value is -3.24. The zero-order chi connectivity index (χ0) is 22.8. The Balaban J connectivity index is 1.63. The highest BCUT2D eigenvalue weighted by Crippen LogP contribution is 2.23. The van der Waals surface area contributed by atoms with Crippen molar-refractivity contribution in [2.75, 3.05) is 27.9 Å². The van der Waals surface area contributed by atoms with E-state index in [0.717, 1.165) is 36.6 Å². The highest BCUT2D eigenvalue weighted by atomic mass is 16.5. The van der Waals surface area contributed by atoms with Gasteiger partial charge in [-0.05, 0) is 72.8 Å². The van der Waals surface area contributed by atoms with Gasteiger partial charge in [0, 0.05) is 12.1 Å². The van der Waals surface area contributed by atoms with E-state index in [0.29, 0.717) is 6.04 Å². The Labute approximate surface area is 191 Å². The van der Waals surface area contributed by atoms with E-state index in [9.17, 15) is 0 Å². The lowest BCUT2D eigenvalue weighted by atomic mass is 9.99. The van der Waals surface area contributed by atoms with E-state index < -0.39 is 0 Å². The summed E-state index contributed by atoms with van der Waals surface area (Å²) in [6.07, 6.45) is 6.14. The molecule has 0 saturated carbocycles. The van der Waals surface area contributed by atoms with Gasteiger partial charge in [-0.2, -0.15) is 0 Å². The maximum Gasteiger partial charge on any atom is 0.122 e. The first kappa shape index (κ1) is 23.4. The van der Waals surface area contributed by atoms with Crippen LogP contribution >= 0.6 is 0 Å². The van der Waals surface area contributed by atoms with Crippen LogP contribution in [0, 0.1) is 0 Å². The average molecular weight is 432 g/mol. The molecule has 1 atom stereocenters. The van der Waals surface area contributed by atoms with Crippen LogP contribution in [-0.4, -0.2) is 33.9 Å². The minimum absolute atomic E-state index is 0.318. The molecule has 0 amide bonds. The van der Waals surface area contributed by atoms with Crippen molar-refractivity contribution >= 4 is 12.2 Å². The number of ether oxygens (including phenoxy) is 3. The zero-order valence-electron chi connectivity index (χ0n) is 19.4. The van der Waals surface area contributed by atoms with Crippen LogP contribution in [-0.2, 0) is 12.8 Å². The SMILES string of the molecule is COc1cc(CCNC(C)Cc2cc(OC)ccc2/C=C/c2ccccc2)cc(OC)c1. The van der Waals surface area contributed by atoms with Crippen molar-refractivity contribution in [3.05, 3.63) is 89.0 Å². The molecule has 0 aliphatic carbocycles. The quantitative estimate of drug-likeness (QED) is 0.399. The summed E-state index contributed by atoms with van der Waals surface area (Å²) in [6, 6.07) is 23.0. The molecule has 0 aliphatic heterocycles. The molecule has 3 rings (SSSR count). The Bertz CT molecular complexity index is 992. The fourth-order valence-corrected chi connectivity index (χ4v) is 3.67. The molecule has 0 bridgehead atoms. The van der Waals surface area contributed by atoms with E-state index >= 15 is 0 Å². The number of methoxy groups -OCH3 is 3. The Kier molecular flexibility index (Phi) is 8.76. The van der Waals surface area contributed by atoms with Crippen molar-refractivity contribution in [2.24, 2.45) is 0 Å². The lowest BCUT2D eigenvalue weighted by Crippen LogP contribution is -2.30. The Morgan fingerprint density at radius 2 is 1.47 bits per heavy atom. The monoisotopic (exact) mass is 431 g/mol. The van der Waals surface area contributed by atoms with Gasteiger partial charge in [-0.25, -0.2) is 0 Å². The second kappa shape index (κ2) is 12.0. The third-order valence-corrected chi connectivity index (χ3v) is 5.45. The number of rotatable bonds is 11. The van der Waals surface area contributed by atoms with E-state index in [-0.39, 0.29) is 0 Å². The second-order valence-corrected chi connectivity index (χ2v) is 7.84. The number of nitrogens with one attached hydrogen (secondary N) is 1. The van der Waals surface area contributed by atoms with Gasteiger partial charge in [-0.3, -0.25) is 0 Å². The predicted molar refractivity (Wildman–Crippen MR) is 133 cm³/mol. The molecule has 168 valence electrons. The Morgan fingerprint density at radius 1 is 0.781 bits per heavy atom. The van der Waals surface area contributed by atoms with Gasteiger partial charge in [-0.15, -0.1) is 0 Å². The predicted octanol–water partition coefficient (Wildman–Crippen LogP) is 5.65. The molecule has 3 aromatic rings. The van der Waals surface area contributed by atoms with Gasteiger partial charge in [0.2, 0.25) is 0 Å². The fourth-order valence-electron chi connectivity index (χ4n) is 3.67. The summed E-state index contributed by atoms with van der Waals surface area (Å²) in [6.45, 7) is 3.09. The summed E-state index contributed by atoms with van der Waals surface area (Å²) in [5.74, 6) is 2.52. The molecule has 4 nitrogen and oxygen atoms in total. The van der Waals surface area contributed by atoms with Gasteiger partial charge in [-0.1, -0.05) is 48.6 Å². The first-order chi connectivity index (χ1) is 15.6. The maximum atomic E-state index is 5.47. The largest absolute Gasteiger partial charge is 0.497 e. The second-order valence-electron chi connectivity index (χ2n) is 7.84. The van der Waals surface area contributed by atoms with Crippen LogP contribution < -0.4 is 19.5 Å². The first-order valence-electron chi connectivity index (χ1n) is 11.0. The minimum Gasteiger partial charge on any atom is -0.497 e. The molecule has 1 unspecified atom stereocenters. The summed E-state index contributed by atoms with van der Waals surface area (Å²) in [5.41, 5.74) is 4.85. The third-order valence-electron chi connectivity index (χ3n) is 5.45. The standard InChI is InChI=1S/C28H33NO3/c1-21(29-15-14-23-17-27(31-3)20-28(18-23)32-4)16-25-19-26(30-2)13-12-24(25)11-10-22-8-6-5-7-9-22/h5-13,17-21,29H,14-16H2,1-4H3/b11-10+. The summed E-state index contributed by atoms with van der Waals surface area (Å²) < 4.78 is 16.2. The number of hydrogen-bond donors (Lipinski definition) is 1. The third kappa shape index (κ3) is 6.89. The van der Waals surface area contributed by atoms with E-state index in [2.05, 4.69) is 72.9 Å². The highest BCUT2D eigenvalue weighted by molar-refractivity contribution is 5.71. The van der Waals surface area contributed by atoms with Crippen molar-refractivity contribution in [1.82, 2.24) is 5.32 Å². The minimum atomic E-state index is 0.318. The van der Waals surface area contributed by atoms with Gasteiger partial charge in [0.15, 0.2) is 0 Å². The molecule has 3 aromatic carbocycles. The molecule has 0 spiro atoms. The normalized spacial score (nSPS) is 12.0. The van der Waals surface area contributed by atoms with Crippen LogP contribution in [0.15, 0.2) is 66.7 Å². The van der Waals surface area contributed by atoms with Crippen LogP contribution in [0.1, 0.15) is 29.2 Å². The summed E-state index contributed by atoms with van der Waals surface area (Å²) in [5, 5.41) is 3.65. The number of benzene rings is 3. The maximum absolute atomic E-state index is 5.47. The molecule has 0 heterocycles. The fraction of sp³-hybridized carbons (Fsp3) is 0.286. The van der Waals surface area contributed by atoms with E-state index in [1.165, 1.54) is 22.3 Å². The van der Waals surface area contributed by atoms with Crippen LogP contribution in [0.3, 0.4) is 0 Å². The molecular weight excluding hydrogens is 398 g/mol. The summed E-state index contributed by atoms with van der Waals surface area (Å²) in [4.78, 5) is 0. The van der Waals surface area contributed by atoms with Crippen molar-refractivity contribution < 1.29 is 14.2 Å². The molecule has 0 fully saturated rings. The van der Waals surface area contributed by atoms with Gasteiger partial charge < -0.3 is 19.5 Å². The van der Waals surface area contributed by atoms with Crippen LogP contribution in [0.4, 0.5) is 0 Å². The van der Waals surface area contributed by atoms with Crippen molar-refractivity contribution in [1.29, 1.82) is 0 Å². The van der Waals surface area contributed by atoms with Crippen molar-refractivity contribution in [2.45, 2.75) is 25.8 Å². The average Bonchev–Trinajstić information content (AvgIpc) is 2.83. The molecule has 0 radical (unpaired) electrons. The van der Waals surface area contributed by atoms with E-state index in [1.54, 1.807) is 21.3 Å².